The lowest BCUT2D eigenvalue weighted by atomic mass is 9.96. The van der Waals surface area contributed by atoms with Gasteiger partial charge in [-0.05, 0) is 25.2 Å². The molecule has 0 atom stereocenters. The zero-order valence-electron chi connectivity index (χ0n) is 15.5. The minimum absolute atomic E-state index is 0.0642. The molecule has 1 aliphatic carbocycles. The van der Waals surface area contributed by atoms with Gasteiger partial charge >= 0.3 is 0 Å². The fourth-order valence-electron chi connectivity index (χ4n) is 2.91. The van der Waals surface area contributed by atoms with E-state index in [4.69, 9.17) is 5.73 Å². The zero-order valence-corrected chi connectivity index (χ0v) is 15.5. The number of nitrogens with one attached hydrogen (secondary N) is 1. The normalized spacial score (nSPS) is 15.1. The highest BCUT2D eigenvalue weighted by molar-refractivity contribution is 5.97. The number of carbonyl (C=O) groups is 1. The Kier molecular flexibility index (Phi) is 4.29. The molecule has 0 unspecified atom stereocenters. The van der Waals surface area contributed by atoms with Crippen molar-refractivity contribution >= 4 is 23.4 Å². The first-order valence-corrected chi connectivity index (χ1v) is 8.71. The molecule has 2 aromatic heterocycles. The van der Waals surface area contributed by atoms with E-state index in [0.717, 1.165) is 17.4 Å². The van der Waals surface area contributed by atoms with Crippen LogP contribution < -0.4 is 16.6 Å². The molecule has 2 heterocycles. The van der Waals surface area contributed by atoms with E-state index in [2.05, 4.69) is 10.4 Å². The minimum Gasteiger partial charge on any atom is -0.494 e. The largest absolute Gasteiger partial charge is 0.494 e. The molecule has 8 nitrogen and oxygen atoms in total. The molecule has 0 aliphatic heterocycles. The molecule has 1 saturated carbocycles. The predicted molar refractivity (Wildman–Crippen MR) is 100 cm³/mol. The van der Waals surface area contributed by atoms with Crippen molar-refractivity contribution in [2.24, 2.45) is 5.41 Å². The van der Waals surface area contributed by atoms with Gasteiger partial charge in [0.15, 0.2) is 17.0 Å². The molecule has 4 N–H and O–H groups in total. The number of rotatable bonds is 4. The van der Waals surface area contributed by atoms with Gasteiger partial charge in [-0.3, -0.25) is 14.2 Å². The quantitative estimate of drug-likeness (QED) is 0.769. The van der Waals surface area contributed by atoms with Crippen molar-refractivity contribution in [3.8, 4) is 5.88 Å². The van der Waals surface area contributed by atoms with Crippen molar-refractivity contribution in [3.05, 3.63) is 27.6 Å². The first-order chi connectivity index (χ1) is 12.1. The number of nitrogens with zero attached hydrogens (tertiary/aromatic N) is 3. The molecule has 26 heavy (non-hydrogen) atoms. The Labute approximate surface area is 151 Å². The van der Waals surface area contributed by atoms with Gasteiger partial charge < -0.3 is 16.2 Å². The maximum absolute atomic E-state index is 12.9. The number of hydrogen-bond acceptors (Lipinski definition) is 5. The van der Waals surface area contributed by atoms with Crippen LogP contribution in [0.5, 0.6) is 5.88 Å². The van der Waals surface area contributed by atoms with Crippen LogP contribution in [0, 0.1) is 5.41 Å². The van der Waals surface area contributed by atoms with Crippen molar-refractivity contribution in [2.75, 3.05) is 5.73 Å². The number of allylic oxidation sites excluding steroid dienone is 1. The number of hydrogen-bond donors (Lipinski definition) is 3. The van der Waals surface area contributed by atoms with E-state index in [1.54, 1.807) is 16.7 Å². The molecule has 0 bridgehead atoms. The summed E-state index contributed by atoms with van der Waals surface area (Å²) in [5.41, 5.74) is 5.71. The second-order valence-electron chi connectivity index (χ2n) is 7.93. The number of nitrogen functional groups attached to an aromatic ring is 1. The van der Waals surface area contributed by atoms with Gasteiger partial charge in [-0.1, -0.05) is 32.9 Å². The molecular formula is C18H25N5O3. The molecule has 2 aromatic rings. The number of fused-ring (bicyclic) bond motifs is 1. The van der Waals surface area contributed by atoms with Crippen LogP contribution in [0.1, 0.15) is 56.5 Å². The molecule has 0 spiro atoms. The van der Waals surface area contributed by atoms with Crippen molar-refractivity contribution in [3.63, 3.8) is 0 Å². The third kappa shape index (κ3) is 3.18. The number of anilines is 1. The van der Waals surface area contributed by atoms with Crippen LogP contribution in [0.3, 0.4) is 0 Å². The SMILES string of the molecule is CC=Cc1c(N)nn2c(=O)c(C(=O)NC3CC3)c(O)n(CC(C)(C)C)c12. The van der Waals surface area contributed by atoms with Gasteiger partial charge in [0.05, 0.1) is 5.56 Å². The minimum atomic E-state index is -0.678. The summed E-state index contributed by atoms with van der Waals surface area (Å²) in [7, 11) is 0. The number of aromatic hydroxyl groups is 1. The van der Waals surface area contributed by atoms with Crippen molar-refractivity contribution in [2.45, 2.75) is 53.1 Å². The van der Waals surface area contributed by atoms with Gasteiger partial charge in [-0.2, -0.15) is 4.52 Å². The van der Waals surface area contributed by atoms with E-state index in [-0.39, 0.29) is 28.7 Å². The van der Waals surface area contributed by atoms with Crippen molar-refractivity contribution in [1.82, 2.24) is 19.5 Å². The monoisotopic (exact) mass is 359 g/mol. The number of amides is 1. The number of carbonyl (C=O) groups excluding carboxylic acids is 1. The summed E-state index contributed by atoms with van der Waals surface area (Å²) in [6.07, 6.45) is 5.28. The smallest absolute Gasteiger partial charge is 0.291 e. The van der Waals surface area contributed by atoms with E-state index in [1.165, 1.54) is 0 Å². The summed E-state index contributed by atoms with van der Waals surface area (Å²) >= 11 is 0. The van der Waals surface area contributed by atoms with Crippen LogP contribution in [-0.4, -0.2) is 31.2 Å². The molecule has 8 heteroatoms. The van der Waals surface area contributed by atoms with E-state index in [0.29, 0.717) is 17.8 Å². The predicted octanol–water partition coefficient (Wildman–Crippen LogP) is 1.76. The fourth-order valence-corrected chi connectivity index (χ4v) is 2.91. The summed E-state index contributed by atoms with van der Waals surface area (Å²) in [5.74, 6) is -0.774. The molecule has 0 saturated heterocycles. The Morgan fingerprint density at radius 2 is 2.08 bits per heavy atom. The number of aromatic nitrogens is 3. The molecule has 1 amide bonds. The van der Waals surface area contributed by atoms with Crippen LogP contribution in [0.4, 0.5) is 5.82 Å². The Balaban J connectivity index is 2.33. The summed E-state index contributed by atoms with van der Waals surface area (Å²) in [6.45, 7) is 8.20. The molecular weight excluding hydrogens is 334 g/mol. The van der Waals surface area contributed by atoms with Gasteiger partial charge in [0, 0.05) is 12.6 Å². The Morgan fingerprint density at radius 3 is 2.62 bits per heavy atom. The highest BCUT2D eigenvalue weighted by Crippen LogP contribution is 2.29. The summed E-state index contributed by atoms with van der Waals surface area (Å²) < 4.78 is 2.65. The van der Waals surface area contributed by atoms with E-state index >= 15 is 0 Å². The average molecular weight is 359 g/mol. The van der Waals surface area contributed by atoms with Crippen LogP contribution in [0.2, 0.25) is 0 Å². The highest BCUT2D eigenvalue weighted by atomic mass is 16.3. The summed E-state index contributed by atoms with van der Waals surface area (Å²) in [4.78, 5) is 25.4. The average Bonchev–Trinajstić information content (AvgIpc) is 3.27. The maximum atomic E-state index is 12.9. The van der Waals surface area contributed by atoms with Gasteiger partial charge in [0.1, 0.15) is 0 Å². The van der Waals surface area contributed by atoms with Gasteiger partial charge in [0.25, 0.3) is 11.5 Å². The van der Waals surface area contributed by atoms with Crippen LogP contribution in [0.15, 0.2) is 10.9 Å². The van der Waals surface area contributed by atoms with E-state index < -0.39 is 11.5 Å². The molecule has 3 rings (SSSR count). The first-order valence-electron chi connectivity index (χ1n) is 8.71. The lowest BCUT2D eigenvalue weighted by molar-refractivity contribution is 0.0944. The topological polar surface area (TPSA) is 115 Å². The van der Waals surface area contributed by atoms with E-state index in [1.807, 2.05) is 27.7 Å². The highest BCUT2D eigenvalue weighted by Gasteiger charge is 2.31. The second kappa shape index (κ2) is 6.19. The lowest BCUT2D eigenvalue weighted by Crippen LogP contribution is -2.35. The van der Waals surface area contributed by atoms with Gasteiger partial charge in [-0.25, -0.2) is 0 Å². The molecule has 0 radical (unpaired) electrons. The van der Waals surface area contributed by atoms with Crippen molar-refractivity contribution in [1.29, 1.82) is 0 Å². The molecule has 0 aromatic carbocycles. The Bertz CT molecular complexity index is 958. The van der Waals surface area contributed by atoms with Crippen LogP contribution in [0.25, 0.3) is 11.7 Å². The maximum Gasteiger partial charge on any atom is 0.291 e. The Hall–Kier alpha value is -2.77. The van der Waals surface area contributed by atoms with Gasteiger partial charge in [-0.15, -0.1) is 5.10 Å². The van der Waals surface area contributed by atoms with Crippen LogP contribution in [-0.2, 0) is 6.54 Å². The third-order valence-corrected chi connectivity index (χ3v) is 4.17. The van der Waals surface area contributed by atoms with Crippen molar-refractivity contribution < 1.29 is 9.90 Å². The fraction of sp³-hybridized carbons (Fsp3) is 0.500. The third-order valence-electron chi connectivity index (χ3n) is 4.17. The molecule has 1 fully saturated rings. The molecule has 140 valence electrons. The summed E-state index contributed by atoms with van der Waals surface area (Å²) in [6, 6.07) is 0.0642. The Morgan fingerprint density at radius 1 is 1.42 bits per heavy atom. The second-order valence-corrected chi connectivity index (χ2v) is 7.93. The molecule has 1 aliphatic rings. The zero-order chi connectivity index (χ0) is 19.2. The summed E-state index contributed by atoms with van der Waals surface area (Å²) in [5, 5.41) is 17.7. The van der Waals surface area contributed by atoms with Crippen LogP contribution >= 0.6 is 0 Å². The van der Waals surface area contributed by atoms with Gasteiger partial charge in [0.2, 0.25) is 5.88 Å². The lowest BCUT2D eigenvalue weighted by Gasteiger charge is -2.23. The van der Waals surface area contributed by atoms with E-state index in [9.17, 15) is 14.7 Å². The standard InChI is InChI=1S/C18H25N5O3/c1-5-6-11-13(19)21-23-15(11)22(9-18(2,3)4)16(25)12(17(23)26)14(24)20-10-7-8-10/h5-6,10,25H,7-9H2,1-4H3,(H2,19,21)(H,20,24). The number of nitrogens with two attached hydrogens (primary N) is 1. The first kappa shape index (κ1) is 18.0.